The molecule has 0 aromatic carbocycles. The quantitative estimate of drug-likeness (QED) is 0.575. The van der Waals surface area contributed by atoms with Gasteiger partial charge < -0.3 is 5.32 Å². The fraction of sp³-hybridized carbons (Fsp3) is 0.143. The van der Waals surface area contributed by atoms with Crippen molar-refractivity contribution in [1.82, 2.24) is 5.32 Å². The van der Waals surface area contributed by atoms with Gasteiger partial charge in [-0.15, -0.1) is 0 Å². The van der Waals surface area contributed by atoms with Gasteiger partial charge >= 0.3 is 0 Å². The van der Waals surface area contributed by atoms with E-state index in [4.69, 9.17) is 11.6 Å². The number of hydrogen-bond acceptors (Lipinski definition) is 3. The number of fused-ring (bicyclic) bond motifs is 1. The SMILES string of the molecule is O=C1C(Cl)=CNC2N=CC=C12. The molecule has 1 unspecified atom stereocenters. The Morgan fingerprint density at radius 1 is 1.64 bits per heavy atom. The number of carbonyl (C=O) groups excluding carboxylic acids is 1. The van der Waals surface area contributed by atoms with Crippen molar-refractivity contribution < 1.29 is 4.79 Å². The third-order valence-corrected chi connectivity index (χ3v) is 1.91. The molecule has 0 amide bonds. The number of hydrogen-bond donors (Lipinski definition) is 1. The van der Waals surface area contributed by atoms with Gasteiger partial charge in [0.05, 0.1) is 0 Å². The number of aliphatic imine (C=N–C) groups is 1. The highest BCUT2D eigenvalue weighted by atomic mass is 35.5. The normalized spacial score (nSPS) is 27.4. The largest absolute Gasteiger partial charge is 0.365 e. The van der Waals surface area contributed by atoms with E-state index in [9.17, 15) is 4.79 Å². The van der Waals surface area contributed by atoms with E-state index >= 15 is 0 Å². The molecule has 2 aliphatic heterocycles. The highest BCUT2D eigenvalue weighted by Gasteiger charge is 2.27. The molecule has 1 atom stereocenters. The fourth-order valence-electron chi connectivity index (χ4n) is 1.07. The van der Waals surface area contributed by atoms with Crippen LogP contribution >= 0.6 is 11.6 Å². The van der Waals surface area contributed by atoms with Crippen LogP contribution in [0.15, 0.2) is 27.9 Å². The van der Waals surface area contributed by atoms with Gasteiger partial charge in [0.15, 0.2) is 0 Å². The maximum atomic E-state index is 11.2. The maximum Gasteiger partial charge on any atom is 0.205 e. The number of Topliss-reactive ketones (excluding diaryl/α,β-unsaturated/α-hetero) is 1. The standard InChI is InChI=1S/C7H5ClN2O/c8-5-3-10-7-4(6(5)11)1-2-9-7/h1-3,7,10H. The highest BCUT2D eigenvalue weighted by molar-refractivity contribution is 6.45. The average Bonchev–Trinajstić information content (AvgIpc) is 2.45. The van der Waals surface area contributed by atoms with Crippen molar-refractivity contribution in [1.29, 1.82) is 0 Å². The van der Waals surface area contributed by atoms with E-state index in [0.717, 1.165) is 0 Å². The highest BCUT2D eigenvalue weighted by Crippen LogP contribution is 2.20. The first-order valence-corrected chi connectivity index (χ1v) is 3.56. The van der Waals surface area contributed by atoms with Gasteiger partial charge in [0, 0.05) is 18.0 Å². The lowest BCUT2D eigenvalue weighted by atomic mass is 10.1. The molecule has 3 nitrogen and oxygen atoms in total. The lowest BCUT2D eigenvalue weighted by molar-refractivity contribution is -0.112. The third-order valence-electron chi connectivity index (χ3n) is 1.63. The molecular formula is C7H5ClN2O. The first-order valence-electron chi connectivity index (χ1n) is 3.19. The Balaban J connectivity index is 2.41. The minimum absolute atomic E-state index is 0.132. The molecule has 2 rings (SSSR count). The van der Waals surface area contributed by atoms with Gasteiger partial charge in [-0.25, -0.2) is 0 Å². The van der Waals surface area contributed by atoms with Crippen molar-refractivity contribution in [3.63, 3.8) is 0 Å². The molecule has 0 fully saturated rings. The van der Waals surface area contributed by atoms with E-state index in [2.05, 4.69) is 10.3 Å². The summed E-state index contributed by atoms with van der Waals surface area (Å²) in [7, 11) is 0. The Labute approximate surface area is 68.4 Å². The van der Waals surface area contributed by atoms with Crippen LogP contribution in [0.25, 0.3) is 0 Å². The zero-order chi connectivity index (χ0) is 7.84. The number of ketones is 1. The van der Waals surface area contributed by atoms with E-state index in [1.54, 1.807) is 12.3 Å². The molecule has 11 heavy (non-hydrogen) atoms. The van der Waals surface area contributed by atoms with Crippen LogP contribution in [0.3, 0.4) is 0 Å². The van der Waals surface area contributed by atoms with Gasteiger partial charge in [0.25, 0.3) is 0 Å². The van der Waals surface area contributed by atoms with Crippen molar-refractivity contribution in [3.05, 3.63) is 22.9 Å². The summed E-state index contributed by atoms with van der Waals surface area (Å²) in [5, 5.41) is 3.10. The Morgan fingerprint density at radius 2 is 2.45 bits per heavy atom. The molecule has 4 heteroatoms. The second-order valence-corrected chi connectivity index (χ2v) is 2.72. The van der Waals surface area contributed by atoms with E-state index in [1.807, 2.05) is 0 Å². The van der Waals surface area contributed by atoms with E-state index in [-0.39, 0.29) is 17.0 Å². The monoisotopic (exact) mass is 168 g/mol. The minimum atomic E-state index is -0.204. The number of nitrogens with zero attached hydrogens (tertiary/aromatic N) is 1. The van der Waals surface area contributed by atoms with Crippen LogP contribution in [-0.4, -0.2) is 18.2 Å². The Hall–Kier alpha value is -1.09. The van der Waals surface area contributed by atoms with Crippen LogP contribution in [0.2, 0.25) is 0 Å². The summed E-state index contributed by atoms with van der Waals surface area (Å²) in [6, 6.07) is 0. The van der Waals surface area contributed by atoms with Crippen molar-refractivity contribution in [2.45, 2.75) is 6.17 Å². The molecule has 56 valence electrons. The number of nitrogens with one attached hydrogen (secondary N) is 1. The first kappa shape index (κ1) is 6.61. The number of allylic oxidation sites excluding steroid dienone is 2. The summed E-state index contributed by atoms with van der Waals surface area (Å²) < 4.78 is 0. The molecule has 0 saturated heterocycles. The van der Waals surface area contributed by atoms with Crippen molar-refractivity contribution in [3.8, 4) is 0 Å². The Kier molecular flexibility index (Phi) is 1.32. The van der Waals surface area contributed by atoms with Gasteiger partial charge in [-0.1, -0.05) is 11.6 Å². The molecule has 0 bridgehead atoms. The number of halogens is 1. The third kappa shape index (κ3) is 0.886. The van der Waals surface area contributed by atoms with Crippen LogP contribution in [-0.2, 0) is 4.79 Å². The molecular weight excluding hydrogens is 164 g/mol. The van der Waals surface area contributed by atoms with Crippen molar-refractivity contribution in [2.75, 3.05) is 0 Å². The molecule has 0 spiro atoms. The van der Waals surface area contributed by atoms with Gasteiger partial charge in [-0.05, 0) is 6.08 Å². The van der Waals surface area contributed by atoms with Crippen molar-refractivity contribution in [2.24, 2.45) is 4.99 Å². The molecule has 0 aromatic heterocycles. The molecule has 2 aliphatic rings. The predicted octanol–water partition coefficient (Wildman–Crippen LogP) is 0.576. The molecule has 0 aliphatic carbocycles. The van der Waals surface area contributed by atoms with Gasteiger partial charge in [0.2, 0.25) is 5.78 Å². The lowest BCUT2D eigenvalue weighted by Gasteiger charge is -2.16. The molecule has 1 N–H and O–H groups in total. The average molecular weight is 169 g/mol. The summed E-state index contributed by atoms with van der Waals surface area (Å²) in [5.41, 5.74) is 0.623. The fourth-order valence-corrected chi connectivity index (χ4v) is 1.24. The van der Waals surface area contributed by atoms with E-state index in [0.29, 0.717) is 5.57 Å². The maximum absolute atomic E-state index is 11.2. The topological polar surface area (TPSA) is 41.5 Å². The predicted molar refractivity (Wildman–Crippen MR) is 42.4 cm³/mol. The molecule has 0 aromatic rings. The number of carbonyl (C=O) groups is 1. The van der Waals surface area contributed by atoms with E-state index < -0.39 is 0 Å². The summed E-state index contributed by atoms with van der Waals surface area (Å²) in [5.74, 6) is -0.132. The molecule has 0 radical (unpaired) electrons. The summed E-state index contributed by atoms with van der Waals surface area (Å²) in [6.07, 6.45) is 4.56. The second kappa shape index (κ2) is 2.20. The van der Waals surface area contributed by atoms with Crippen LogP contribution in [0.1, 0.15) is 0 Å². The summed E-state index contributed by atoms with van der Waals surface area (Å²) >= 11 is 5.59. The summed E-state index contributed by atoms with van der Waals surface area (Å²) in [4.78, 5) is 15.2. The molecule has 2 heterocycles. The van der Waals surface area contributed by atoms with E-state index in [1.165, 1.54) is 6.20 Å². The van der Waals surface area contributed by atoms with Crippen LogP contribution < -0.4 is 5.32 Å². The smallest absolute Gasteiger partial charge is 0.205 e. The van der Waals surface area contributed by atoms with Crippen LogP contribution in [0, 0.1) is 0 Å². The van der Waals surface area contributed by atoms with Gasteiger partial charge in [-0.2, -0.15) is 0 Å². The zero-order valence-corrected chi connectivity index (χ0v) is 6.30. The number of rotatable bonds is 0. The second-order valence-electron chi connectivity index (χ2n) is 2.31. The van der Waals surface area contributed by atoms with Crippen LogP contribution in [0.4, 0.5) is 0 Å². The van der Waals surface area contributed by atoms with Crippen molar-refractivity contribution >= 4 is 23.6 Å². The van der Waals surface area contributed by atoms with Gasteiger partial charge in [-0.3, -0.25) is 9.79 Å². The van der Waals surface area contributed by atoms with Gasteiger partial charge in [0.1, 0.15) is 11.2 Å². The lowest BCUT2D eigenvalue weighted by Crippen LogP contribution is -2.31. The Morgan fingerprint density at radius 3 is 3.27 bits per heavy atom. The Bertz CT molecular complexity index is 304. The zero-order valence-electron chi connectivity index (χ0n) is 5.54. The van der Waals surface area contributed by atoms with Crippen LogP contribution in [0.5, 0.6) is 0 Å². The molecule has 0 saturated carbocycles. The summed E-state index contributed by atoms with van der Waals surface area (Å²) in [6.45, 7) is 0. The first-order chi connectivity index (χ1) is 5.29. The minimum Gasteiger partial charge on any atom is -0.365 e.